The molecule has 1 fully saturated rings. The Kier molecular flexibility index (Phi) is 6.26. The number of alkyl carbamates (subject to hydrolysis) is 1. The third-order valence-electron chi connectivity index (χ3n) is 2.95. The number of rotatable bonds is 4. The highest BCUT2D eigenvalue weighted by Crippen LogP contribution is 2.18. The number of methoxy groups -OCH3 is 1. The molecule has 20 heavy (non-hydrogen) atoms. The number of ether oxygens (including phenoxy) is 3. The molecule has 1 saturated heterocycles. The molecule has 6 nitrogen and oxygen atoms in total. The summed E-state index contributed by atoms with van der Waals surface area (Å²) < 4.78 is 15.5. The van der Waals surface area contributed by atoms with Gasteiger partial charge >= 0.3 is 12.1 Å². The second-order valence-electron chi connectivity index (χ2n) is 5.95. The molecule has 1 N–H and O–H groups in total. The van der Waals surface area contributed by atoms with E-state index < -0.39 is 23.7 Å². The molecule has 116 valence electrons. The fourth-order valence-corrected chi connectivity index (χ4v) is 2.06. The molecule has 0 aromatic heterocycles. The Labute approximate surface area is 120 Å². The lowest BCUT2D eigenvalue weighted by molar-refractivity contribution is -0.144. The molecule has 0 aliphatic carbocycles. The molecule has 1 amide bonds. The summed E-state index contributed by atoms with van der Waals surface area (Å²) in [6.45, 7) is 6.00. The molecule has 0 aromatic rings. The van der Waals surface area contributed by atoms with Crippen LogP contribution in [0.5, 0.6) is 0 Å². The quantitative estimate of drug-likeness (QED) is 0.801. The largest absolute Gasteiger partial charge is 0.467 e. The number of hydrogen-bond acceptors (Lipinski definition) is 5. The predicted molar refractivity (Wildman–Crippen MR) is 73.4 cm³/mol. The molecule has 0 unspecified atom stereocenters. The summed E-state index contributed by atoms with van der Waals surface area (Å²) in [7, 11) is 1.30. The van der Waals surface area contributed by atoms with Crippen LogP contribution in [0.25, 0.3) is 0 Å². The predicted octanol–water partition coefficient (Wildman–Crippen LogP) is 2.01. The van der Waals surface area contributed by atoms with E-state index in [1.165, 1.54) is 7.11 Å². The van der Waals surface area contributed by atoms with Crippen molar-refractivity contribution in [1.29, 1.82) is 0 Å². The molecule has 1 aliphatic heterocycles. The maximum absolute atomic E-state index is 11.7. The van der Waals surface area contributed by atoms with Crippen LogP contribution < -0.4 is 5.32 Å². The van der Waals surface area contributed by atoms with E-state index in [4.69, 9.17) is 14.2 Å². The Morgan fingerprint density at radius 1 is 1.35 bits per heavy atom. The highest BCUT2D eigenvalue weighted by Gasteiger charge is 2.28. The Bertz CT molecular complexity index is 331. The van der Waals surface area contributed by atoms with E-state index in [1.54, 1.807) is 20.8 Å². The Morgan fingerprint density at radius 2 is 2.05 bits per heavy atom. The number of hydrogen-bond donors (Lipinski definition) is 1. The summed E-state index contributed by atoms with van der Waals surface area (Å²) in [6.07, 6.45) is 2.77. The van der Waals surface area contributed by atoms with Gasteiger partial charge in [-0.25, -0.2) is 9.59 Å². The Balaban J connectivity index is 2.55. The van der Waals surface area contributed by atoms with E-state index >= 15 is 0 Å². The van der Waals surface area contributed by atoms with E-state index in [0.717, 1.165) is 19.3 Å². The fraction of sp³-hybridized carbons (Fsp3) is 0.857. The van der Waals surface area contributed by atoms with Crippen LogP contribution in [0.4, 0.5) is 4.79 Å². The van der Waals surface area contributed by atoms with Gasteiger partial charge in [0.05, 0.1) is 13.2 Å². The van der Waals surface area contributed by atoms with Gasteiger partial charge in [-0.1, -0.05) is 0 Å². The third-order valence-corrected chi connectivity index (χ3v) is 2.95. The van der Waals surface area contributed by atoms with Gasteiger partial charge in [0.2, 0.25) is 0 Å². The monoisotopic (exact) mass is 287 g/mol. The van der Waals surface area contributed by atoms with Crippen molar-refractivity contribution >= 4 is 12.1 Å². The standard InChI is InChI=1S/C14H25NO5/c1-14(2,3)20-13(17)15-11(12(16)18-4)9-10-7-5-6-8-19-10/h10-11H,5-9H2,1-4H3,(H,15,17)/t10-,11-/m0/s1. The molecule has 0 radical (unpaired) electrons. The summed E-state index contributed by atoms with van der Waals surface area (Å²) in [5, 5.41) is 2.56. The average molecular weight is 287 g/mol. The normalized spacial score (nSPS) is 20.9. The first-order chi connectivity index (χ1) is 9.31. The molecule has 0 saturated carbocycles. The maximum Gasteiger partial charge on any atom is 0.408 e. The highest BCUT2D eigenvalue weighted by molar-refractivity contribution is 5.81. The van der Waals surface area contributed by atoms with Crippen LogP contribution in [0.1, 0.15) is 46.5 Å². The summed E-state index contributed by atoms with van der Waals surface area (Å²) in [5.74, 6) is -0.481. The first kappa shape index (κ1) is 16.8. The zero-order valence-corrected chi connectivity index (χ0v) is 12.7. The summed E-state index contributed by atoms with van der Waals surface area (Å²) in [4.78, 5) is 23.5. The number of nitrogens with one attached hydrogen (secondary N) is 1. The minimum Gasteiger partial charge on any atom is -0.467 e. The minimum atomic E-state index is -0.738. The van der Waals surface area contributed by atoms with Gasteiger partial charge in [-0.2, -0.15) is 0 Å². The molecule has 1 heterocycles. The Morgan fingerprint density at radius 3 is 2.55 bits per heavy atom. The van der Waals surface area contributed by atoms with E-state index in [9.17, 15) is 9.59 Å². The van der Waals surface area contributed by atoms with Gasteiger partial charge in [0, 0.05) is 13.0 Å². The molecular formula is C14H25NO5. The topological polar surface area (TPSA) is 73.9 Å². The lowest BCUT2D eigenvalue weighted by atomic mass is 10.0. The summed E-state index contributed by atoms with van der Waals surface area (Å²) in [6, 6.07) is -0.738. The van der Waals surface area contributed by atoms with E-state index in [2.05, 4.69) is 5.32 Å². The van der Waals surface area contributed by atoms with Crippen LogP contribution >= 0.6 is 0 Å². The van der Waals surface area contributed by atoms with Gasteiger partial charge in [0.15, 0.2) is 0 Å². The number of carbonyl (C=O) groups is 2. The van der Waals surface area contributed by atoms with Gasteiger partial charge in [0.1, 0.15) is 11.6 Å². The molecule has 1 rings (SSSR count). The van der Waals surface area contributed by atoms with Crippen LogP contribution in [-0.4, -0.2) is 43.5 Å². The third kappa shape index (κ3) is 6.23. The first-order valence-electron chi connectivity index (χ1n) is 7.01. The zero-order chi connectivity index (χ0) is 15.2. The average Bonchev–Trinajstić information content (AvgIpc) is 2.36. The lowest BCUT2D eigenvalue weighted by Crippen LogP contribution is -2.46. The fourth-order valence-electron chi connectivity index (χ4n) is 2.06. The van der Waals surface area contributed by atoms with E-state index in [-0.39, 0.29) is 6.10 Å². The second-order valence-corrected chi connectivity index (χ2v) is 5.95. The van der Waals surface area contributed by atoms with Crippen LogP contribution in [-0.2, 0) is 19.0 Å². The smallest absolute Gasteiger partial charge is 0.408 e. The number of amides is 1. The lowest BCUT2D eigenvalue weighted by Gasteiger charge is -2.27. The molecule has 2 atom stereocenters. The molecule has 1 aliphatic rings. The van der Waals surface area contributed by atoms with Crippen molar-refractivity contribution < 1.29 is 23.8 Å². The van der Waals surface area contributed by atoms with Gasteiger partial charge in [-0.15, -0.1) is 0 Å². The van der Waals surface area contributed by atoms with Gasteiger partial charge < -0.3 is 19.5 Å². The Hall–Kier alpha value is -1.30. The van der Waals surface area contributed by atoms with Crippen molar-refractivity contribution in [3.8, 4) is 0 Å². The molecular weight excluding hydrogens is 262 g/mol. The van der Waals surface area contributed by atoms with Gasteiger partial charge in [-0.3, -0.25) is 0 Å². The van der Waals surface area contributed by atoms with Gasteiger partial charge in [0.25, 0.3) is 0 Å². The minimum absolute atomic E-state index is 0.0252. The molecule has 0 aromatic carbocycles. The summed E-state index contributed by atoms with van der Waals surface area (Å²) in [5.41, 5.74) is -0.605. The highest BCUT2D eigenvalue weighted by atomic mass is 16.6. The van der Waals surface area contributed by atoms with Crippen molar-refractivity contribution in [1.82, 2.24) is 5.32 Å². The van der Waals surface area contributed by atoms with Crippen LogP contribution in [0.15, 0.2) is 0 Å². The molecule has 0 spiro atoms. The van der Waals surface area contributed by atoms with Crippen molar-refractivity contribution in [2.24, 2.45) is 0 Å². The van der Waals surface area contributed by atoms with Crippen LogP contribution in [0.3, 0.4) is 0 Å². The second kappa shape index (κ2) is 7.47. The summed E-state index contributed by atoms with van der Waals surface area (Å²) >= 11 is 0. The SMILES string of the molecule is COC(=O)[C@H](C[C@@H]1CCCCO1)NC(=O)OC(C)(C)C. The van der Waals surface area contributed by atoms with Crippen molar-refractivity contribution in [3.63, 3.8) is 0 Å². The zero-order valence-electron chi connectivity index (χ0n) is 12.7. The van der Waals surface area contributed by atoms with Gasteiger partial charge in [-0.05, 0) is 40.0 Å². The molecule has 6 heteroatoms. The van der Waals surface area contributed by atoms with Crippen molar-refractivity contribution in [2.75, 3.05) is 13.7 Å². The van der Waals surface area contributed by atoms with Crippen molar-refractivity contribution in [3.05, 3.63) is 0 Å². The van der Waals surface area contributed by atoms with Crippen LogP contribution in [0, 0.1) is 0 Å². The van der Waals surface area contributed by atoms with Crippen LogP contribution in [0.2, 0.25) is 0 Å². The van der Waals surface area contributed by atoms with E-state index in [1.807, 2.05) is 0 Å². The van der Waals surface area contributed by atoms with E-state index in [0.29, 0.717) is 13.0 Å². The first-order valence-corrected chi connectivity index (χ1v) is 7.01. The number of carbonyl (C=O) groups excluding carboxylic acids is 2. The maximum atomic E-state index is 11.7. The van der Waals surface area contributed by atoms with Crippen molar-refractivity contribution in [2.45, 2.75) is 64.2 Å². The number of esters is 1. The molecule has 0 bridgehead atoms.